The molecule has 3 aromatic rings. The first-order valence-corrected chi connectivity index (χ1v) is 9.23. The summed E-state index contributed by atoms with van der Waals surface area (Å²) in [6.07, 6.45) is 0. The second kappa shape index (κ2) is 7.78. The molecule has 154 valence electrons. The van der Waals surface area contributed by atoms with Crippen molar-refractivity contribution in [3.8, 4) is 11.5 Å². The smallest absolute Gasteiger partial charge is 0.329 e. The summed E-state index contributed by atoms with van der Waals surface area (Å²) < 4.78 is 12.5. The fourth-order valence-corrected chi connectivity index (χ4v) is 3.37. The molecule has 0 saturated carbocycles. The number of carbonyl (C=O) groups excluding carboxylic acids is 1. The SMILES string of the molecule is COc1cc([C@H]2NC(=O)Nc3c2c(=O)[nH]c(=O)n3C)ccc1OCc1ccccc1. The number of amides is 2. The average molecular weight is 408 g/mol. The molecule has 3 N–H and O–H groups in total. The topological polar surface area (TPSA) is 114 Å². The number of H-pyrrole nitrogens is 1. The minimum Gasteiger partial charge on any atom is -0.493 e. The van der Waals surface area contributed by atoms with Gasteiger partial charge in [-0.15, -0.1) is 0 Å². The third-order valence-corrected chi connectivity index (χ3v) is 4.91. The molecule has 9 heteroatoms. The van der Waals surface area contributed by atoms with Crippen LogP contribution in [0.5, 0.6) is 11.5 Å². The standard InChI is InChI=1S/C21H20N4O5/c1-25-18-16(19(26)24-21(25)28)17(22-20(27)23-18)13-8-9-14(15(10-13)29-2)30-11-12-6-4-3-5-7-12/h3-10,17H,11H2,1-2H3,(H2,22,23,27)(H,24,26,28)/t17-/m1/s1. The highest BCUT2D eigenvalue weighted by Gasteiger charge is 2.31. The Kier molecular flexibility index (Phi) is 5.01. The van der Waals surface area contributed by atoms with E-state index in [4.69, 9.17) is 9.47 Å². The van der Waals surface area contributed by atoms with Gasteiger partial charge < -0.3 is 14.8 Å². The van der Waals surface area contributed by atoms with Crippen LogP contribution in [0.3, 0.4) is 0 Å². The maximum atomic E-state index is 12.5. The summed E-state index contributed by atoms with van der Waals surface area (Å²) >= 11 is 0. The third kappa shape index (κ3) is 3.52. The molecule has 0 spiro atoms. The van der Waals surface area contributed by atoms with Crippen LogP contribution in [-0.2, 0) is 13.7 Å². The van der Waals surface area contributed by atoms with Crippen molar-refractivity contribution in [1.29, 1.82) is 0 Å². The van der Waals surface area contributed by atoms with Gasteiger partial charge in [0.25, 0.3) is 5.56 Å². The number of hydrogen-bond acceptors (Lipinski definition) is 5. The fraction of sp³-hybridized carbons (Fsp3) is 0.190. The summed E-state index contributed by atoms with van der Waals surface area (Å²) in [6, 6.07) is 13.6. The van der Waals surface area contributed by atoms with E-state index < -0.39 is 23.3 Å². The van der Waals surface area contributed by atoms with E-state index in [1.807, 2.05) is 30.3 Å². The number of fused-ring (bicyclic) bond motifs is 1. The molecule has 1 aliphatic heterocycles. The summed E-state index contributed by atoms with van der Waals surface area (Å²) in [6.45, 7) is 0.366. The van der Waals surface area contributed by atoms with Gasteiger partial charge in [-0.3, -0.25) is 19.7 Å². The quantitative estimate of drug-likeness (QED) is 0.596. The second-order valence-electron chi connectivity index (χ2n) is 6.80. The molecular weight excluding hydrogens is 388 g/mol. The van der Waals surface area contributed by atoms with E-state index in [1.54, 1.807) is 18.2 Å². The Morgan fingerprint density at radius 1 is 1.03 bits per heavy atom. The van der Waals surface area contributed by atoms with Crippen molar-refractivity contribution in [3.63, 3.8) is 0 Å². The van der Waals surface area contributed by atoms with Gasteiger partial charge >= 0.3 is 11.7 Å². The lowest BCUT2D eigenvalue weighted by Crippen LogP contribution is -2.46. The van der Waals surface area contributed by atoms with Crippen LogP contribution in [0.15, 0.2) is 58.1 Å². The van der Waals surface area contributed by atoms with Crippen molar-refractivity contribution < 1.29 is 14.3 Å². The lowest BCUT2D eigenvalue weighted by Gasteiger charge is -2.28. The Labute approximate surface area is 171 Å². The molecule has 0 radical (unpaired) electrons. The number of aromatic amines is 1. The highest BCUT2D eigenvalue weighted by atomic mass is 16.5. The van der Waals surface area contributed by atoms with Crippen molar-refractivity contribution in [2.24, 2.45) is 7.05 Å². The van der Waals surface area contributed by atoms with Crippen molar-refractivity contribution in [3.05, 3.63) is 86.1 Å². The molecule has 0 saturated heterocycles. The van der Waals surface area contributed by atoms with Crippen LogP contribution < -0.4 is 31.4 Å². The van der Waals surface area contributed by atoms with Gasteiger partial charge in [-0.05, 0) is 23.3 Å². The molecule has 0 bridgehead atoms. The predicted octanol–water partition coefficient (Wildman–Crippen LogP) is 1.89. The Balaban J connectivity index is 1.70. The number of rotatable bonds is 5. The van der Waals surface area contributed by atoms with Gasteiger partial charge in [0.2, 0.25) is 0 Å². The van der Waals surface area contributed by atoms with Crippen LogP contribution in [0.1, 0.15) is 22.7 Å². The van der Waals surface area contributed by atoms with Crippen molar-refractivity contribution in [2.75, 3.05) is 12.4 Å². The van der Waals surface area contributed by atoms with Crippen LogP contribution in [0, 0.1) is 0 Å². The number of ether oxygens (including phenoxy) is 2. The van der Waals surface area contributed by atoms with Crippen molar-refractivity contribution in [1.82, 2.24) is 14.9 Å². The molecule has 9 nitrogen and oxygen atoms in total. The molecule has 30 heavy (non-hydrogen) atoms. The third-order valence-electron chi connectivity index (χ3n) is 4.91. The summed E-state index contributed by atoms with van der Waals surface area (Å²) in [4.78, 5) is 38.8. The zero-order valence-corrected chi connectivity index (χ0v) is 16.4. The lowest BCUT2D eigenvalue weighted by atomic mass is 9.98. The molecule has 0 fully saturated rings. The molecule has 1 aliphatic rings. The van der Waals surface area contributed by atoms with Gasteiger partial charge in [-0.25, -0.2) is 9.59 Å². The number of benzene rings is 2. The molecule has 1 atom stereocenters. The first kappa shape index (κ1) is 19.3. The number of carbonyl (C=O) groups is 1. The minimum atomic E-state index is -0.763. The summed E-state index contributed by atoms with van der Waals surface area (Å²) in [5, 5.41) is 5.25. The monoisotopic (exact) mass is 408 g/mol. The zero-order valence-electron chi connectivity index (χ0n) is 16.4. The number of nitrogens with zero attached hydrogens (tertiary/aromatic N) is 1. The van der Waals surface area contributed by atoms with Gasteiger partial charge in [-0.2, -0.15) is 0 Å². The van der Waals surface area contributed by atoms with E-state index >= 15 is 0 Å². The number of nitrogens with one attached hydrogen (secondary N) is 3. The number of anilines is 1. The van der Waals surface area contributed by atoms with E-state index in [-0.39, 0.29) is 11.4 Å². The highest BCUT2D eigenvalue weighted by Crippen LogP contribution is 2.34. The van der Waals surface area contributed by atoms with Gasteiger partial charge in [0.05, 0.1) is 18.7 Å². The van der Waals surface area contributed by atoms with E-state index in [0.29, 0.717) is 23.7 Å². The van der Waals surface area contributed by atoms with Crippen molar-refractivity contribution >= 4 is 11.8 Å². The number of aromatic nitrogens is 2. The van der Waals surface area contributed by atoms with Gasteiger partial charge in [0.15, 0.2) is 11.5 Å². The predicted molar refractivity (Wildman–Crippen MR) is 110 cm³/mol. The Hall–Kier alpha value is -4.01. The first-order valence-electron chi connectivity index (χ1n) is 9.23. The molecule has 1 aromatic heterocycles. The molecular formula is C21H20N4O5. The first-order chi connectivity index (χ1) is 14.5. The van der Waals surface area contributed by atoms with Crippen LogP contribution in [0.2, 0.25) is 0 Å². The minimum absolute atomic E-state index is 0.154. The van der Waals surface area contributed by atoms with Gasteiger partial charge in [-0.1, -0.05) is 36.4 Å². The largest absolute Gasteiger partial charge is 0.493 e. The second-order valence-corrected chi connectivity index (χ2v) is 6.80. The van der Waals surface area contributed by atoms with Gasteiger partial charge in [0, 0.05) is 7.05 Å². The molecule has 2 amide bonds. The summed E-state index contributed by atoms with van der Waals surface area (Å²) in [5.41, 5.74) is 0.669. The van der Waals surface area contributed by atoms with E-state index in [9.17, 15) is 14.4 Å². The zero-order chi connectivity index (χ0) is 21.3. The molecule has 4 rings (SSSR count). The number of methoxy groups -OCH3 is 1. The average Bonchev–Trinajstić information content (AvgIpc) is 2.76. The highest BCUT2D eigenvalue weighted by molar-refractivity contribution is 5.92. The van der Waals surface area contributed by atoms with Gasteiger partial charge in [0.1, 0.15) is 12.4 Å². The van der Waals surface area contributed by atoms with E-state index in [1.165, 1.54) is 18.7 Å². The normalized spacial score (nSPS) is 15.0. The van der Waals surface area contributed by atoms with Crippen LogP contribution in [-0.4, -0.2) is 22.7 Å². The Morgan fingerprint density at radius 2 is 1.80 bits per heavy atom. The molecule has 0 unspecified atom stereocenters. The summed E-state index contributed by atoms with van der Waals surface area (Å²) in [7, 11) is 2.99. The van der Waals surface area contributed by atoms with Crippen LogP contribution in [0.25, 0.3) is 0 Å². The van der Waals surface area contributed by atoms with Crippen molar-refractivity contribution in [2.45, 2.75) is 12.6 Å². The Bertz CT molecular complexity index is 1220. The molecule has 2 heterocycles. The fourth-order valence-electron chi connectivity index (χ4n) is 3.37. The van der Waals surface area contributed by atoms with Crippen LogP contribution >= 0.6 is 0 Å². The number of urea groups is 1. The lowest BCUT2D eigenvalue weighted by molar-refractivity contribution is 0.248. The van der Waals surface area contributed by atoms with E-state index in [2.05, 4.69) is 15.6 Å². The van der Waals surface area contributed by atoms with E-state index in [0.717, 1.165) is 5.56 Å². The van der Waals surface area contributed by atoms with Crippen LogP contribution in [0.4, 0.5) is 10.6 Å². The number of hydrogen-bond donors (Lipinski definition) is 3. The Morgan fingerprint density at radius 3 is 2.53 bits per heavy atom. The maximum absolute atomic E-state index is 12.5. The molecule has 0 aliphatic carbocycles. The maximum Gasteiger partial charge on any atom is 0.329 e. The molecule has 2 aromatic carbocycles. The summed E-state index contributed by atoms with van der Waals surface area (Å²) in [5.74, 6) is 1.14.